The van der Waals surface area contributed by atoms with Crippen molar-refractivity contribution in [2.75, 3.05) is 7.11 Å². The fourth-order valence-electron chi connectivity index (χ4n) is 2.45. The Morgan fingerprint density at radius 3 is 2.55 bits per heavy atom. The standard InChI is InChI=1S/C13H17BrN2O5S/c1-21-12-11(14)6-10(7-15-12)22(19,20)16-9-4-2-8(3-5-9)13(17)18/h6-9,16H,2-5H2,1H3,(H,17,18)/t8-,9-. The number of pyridine rings is 1. The maximum absolute atomic E-state index is 12.3. The van der Waals surface area contributed by atoms with E-state index in [1.165, 1.54) is 19.4 Å². The lowest BCUT2D eigenvalue weighted by atomic mass is 9.87. The van der Waals surface area contributed by atoms with Gasteiger partial charge in [-0.1, -0.05) is 0 Å². The van der Waals surface area contributed by atoms with Gasteiger partial charge < -0.3 is 9.84 Å². The number of halogens is 1. The van der Waals surface area contributed by atoms with Gasteiger partial charge in [-0.2, -0.15) is 0 Å². The second-order valence-corrected chi connectivity index (χ2v) is 7.74. The zero-order valence-electron chi connectivity index (χ0n) is 12.0. The molecule has 9 heteroatoms. The highest BCUT2D eigenvalue weighted by atomic mass is 79.9. The lowest BCUT2D eigenvalue weighted by Gasteiger charge is -2.26. The monoisotopic (exact) mass is 392 g/mol. The first-order valence-electron chi connectivity index (χ1n) is 6.78. The number of sulfonamides is 1. The normalized spacial score (nSPS) is 22.3. The van der Waals surface area contributed by atoms with E-state index in [0.29, 0.717) is 36.0 Å². The summed E-state index contributed by atoms with van der Waals surface area (Å²) in [7, 11) is -2.25. The van der Waals surface area contributed by atoms with Crippen molar-refractivity contribution >= 4 is 31.9 Å². The molecule has 2 N–H and O–H groups in total. The first-order valence-corrected chi connectivity index (χ1v) is 9.06. The van der Waals surface area contributed by atoms with Crippen molar-refractivity contribution < 1.29 is 23.1 Å². The molecule has 0 radical (unpaired) electrons. The number of aliphatic carboxylic acids is 1. The van der Waals surface area contributed by atoms with Crippen LogP contribution in [0.1, 0.15) is 25.7 Å². The molecule has 0 saturated heterocycles. The Balaban J connectivity index is 2.06. The molecule has 1 heterocycles. The maximum atomic E-state index is 12.3. The Hall–Kier alpha value is -1.19. The maximum Gasteiger partial charge on any atom is 0.306 e. The number of carboxylic acid groups (broad SMARTS) is 1. The predicted octanol–water partition coefficient (Wildman–Crippen LogP) is 1.77. The fourth-order valence-corrected chi connectivity index (χ4v) is 4.39. The van der Waals surface area contributed by atoms with Crippen LogP contribution in [0.15, 0.2) is 21.6 Å². The zero-order valence-corrected chi connectivity index (χ0v) is 14.4. The van der Waals surface area contributed by atoms with Gasteiger partial charge in [0.15, 0.2) is 0 Å². The van der Waals surface area contributed by atoms with Gasteiger partial charge in [-0.05, 0) is 47.7 Å². The van der Waals surface area contributed by atoms with Gasteiger partial charge >= 0.3 is 5.97 Å². The van der Waals surface area contributed by atoms with Gasteiger partial charge in [0, 0.05) is 6.04 Å². The van der Waals surface area contributed by atoms with E-state index in [9.17, 15) is 13.2 Å². The van der Waals surface area contributed by atoms with Gasteiger partial charge in [-0.15, -0.1) is 0 Å². The van der Waals surface area contributed by atoms with Crippen LogP contribution < -0.4 is 9.46 Å². The summed E-state index contributed by atoms with van der Waals surface area (Å²) in [6, 6.07) is 1.18. The van der Waals surface area contributed by atoms with Crippen molar-refractivity contribution in [1.82, 2.24) is 9.71 Å². The third-order valence-corrected chi connectivity index (χ3v) is 5.74. The van der Waals surface area contributed by atoms with Crippen LogP contribution in [-0.2, 0) is 14.8 Å². The van der Waals surface area contributed by atoms with Crippen LogP contribution in [0.2, 0.25) is 0 Å². The molecular weight excluding hydrogens is 376 g/mol. The molecule has 0 unspecified atom stereocenters. The van der Waals surface area contributed by atoms with Gasteiger partial charge in [-0.3, -0.25) is 4.79 Å². The van der Waals surface area contributed by atoms with E-state index in [1.54, 1.807) is 0 Å². The molecule has 7 nitrogen and oxygen atoms in total. The molecule has 122 valence electrons. The quantitative estimate of drug-likeness (QED) is 0.790. The number of aromatic nitrogens is 1. The van der Waals surface area contributed by atoms with Crippen LogP contribution in [0.5, 0.6) is 5.88 Å². The van der Waals surface area contributed by atoms with Crippen molar-refractivity contribution in [2.45, 2.75) is 36.6 Å². The number of nitrogens with one attached hydrogen (secondary N) is 1. The van der Waals surface area contributed by atoms with Gasteiger partial charge in [0.05, 0.1) is 23.7 Å². The van der Waals surface area contributed by atoms with Crippen LogP contribution in [-0.4, -0.2) is 37.6 Å². The van der Waals surface area contributed by atoms with Gasteiger partial charge in [0.25, 0.3) is 0 Å². The van der Waals surface area contributed by atoms with Crippen LogP contribution in [0, 0.1) is 5.92 Å². The molecule has 1 aromatic heterocycles. The van der Waals surface area contributed by atoms with E-state index in [1.807, 2.05) is 0 Å². The second kappa shape index (κ2) is 6.93. The first-order chi connectivity index (χ1) is 10.3. The SMILES string of the molecule is COc1ncc(S(=O)(=O)N[C@H]2CC[C@H](C(=O)O)CC2)cc1Br. The Morgan fingerprint density at radius 1 is 1.41 bits per heavy atom. The van der Waals surface area contributed by atoms with Gasteiger partial charge in [-0.25, -0.2) is 18.1 Å². The summed E-state index contributed by atoms with van der Waals surface area (Å²) >= 11 is 3.20. The van der Waals surface area contributed by atoms with Crippen molar-refractivity contribution in [1.29, 1.82) is 0 Å². The molecule has 0 bridgehead atoms. The lowest BCUT2D eigenvalue weighted by molar-refractivity contribution is -0.142. The number of ether oxygens (including phenoxy) is 1. The van der Waals surface area contributed by atoms with Gasteiger partial charge in [0.2, 0.25) is 15.9 Å². The molecule has 1 fully saturated rings. The molecule has 1 aliphatic rings. The van der Waals surface area contributed by atoms with Crippen LogP contribution in [0.25, 0.3) is 0 Å². The summed E-state index contributed by atoms with van der Waals surface area (Å²) in [5, 5.41) is 8.95. The van der Waals surface area contributed by atoms with E-state index in [-0.39, 0.29) is 16.9 Å². The van der Waals surface area contributed by atoms with E-state index in [2.05, 4.69) is 25.6 Å². The summed E-state index contributed by atoms with van der Waals surface area (Å²) in [6.07, 6.45) is 3.22. The molecular formula is C13H17BrN2O5S. The molecule has 0 aliphatic heterocycles. The lowest BCUT2D eigenvalue weighted by Crippen LogP contribution is -2.38. The van der Waals surface area contributed by atoms with Crippen molar-refractivity contribution in [2.24, 2.45) is 5.92 Å². The number of carboxylic acids is 1. The number of methoxy groups -OCH3 is 1. The molecule has 1 aliphatic carbocycles. The van der Waals surface area contributed by atoms with E-state index >= 15 is 0 Å². The summed E-state index contributed by atoms with van der Waals surface area (Å²) < 4.78 is 32.7. The fraction of sp³-hybridized carbons (Fsp3) is 0.538. The van der Waals surface area contributed by atoms with E-state index < -0.39 is 16.0 Å². The Morgan fingerprint density at radius 2 is 2.05 bits per heavy atom. The van der Waals surface area contributed by atoms with Gasteiger partial charge in [0.1, 0.15) is 4.90 Å². The third kappa shape index (κ3) is 3.96. The first kappa shape index (κ1) is 17.2. The largest absolute Gasteiger partial charge is 0.481 e. The minimum absolute atomic E-state index is 0.0422. The second-order valence-electron chi connectivity index (χ2n) is 5.17. The number of rotatable bonds is 5. The minimum Gasteiger partial charge on any atom is -0.481 e. The Bertz CT molecular complexity index is 656. The summed E-state index contributed by atoms with van der Waals surface area (Å²) in [5.41, 5.74) is 0. The Labute approximate surface area is 137 Å². The zero-order chi connectivity index (χ0) is 16.3. The summed E-state index contributed by atoms with van der Waals surface area (Å²) in [5.74, 6) is -0.886. The highest BCUT2D eigenvalue weighted by Crippen LogP contribution is 2.27. The molecule has 1 saturated carbocycles. The van der Waals surface area contributed by atoms with Crippen LogP contribution in [0.3, 0.4) is 0 Å². The number of carbonyl (C=O) groups is 1. The van der Waals surface area contributed by atoms with Crippen molar-refractivity contribution in [3.63, 3.8) is 0 Å². The highest BCUT2D eigenvalue weighted by molar-refractivity contribution is 9.10. The minimum atomic E-state index is -3.69. The molecule has 0 atom stereocenters. The highest BCUT2D eigenvalue weighted by Gasteiger charge is 2.29. The molecule has 22 heavy (non-hydrogen) atoms. The molecule has 2 rings (SSSR count). The predicted molar refractivity (Wildman–Crippen MR) is 82.2 cm³/mol. The van der Waals surface area contributed by atoms with E-state index in [0.717, 1.165) is 0 Å². The summed E-state index contributed by atoms with van der Waals surface area (Å²) in [4.78, 5) is 14.9. The van der Waals surface area contributed by atoms with Crippen molar-refractivity contribution in [3.05, 3.63) is 16.7 Å². The number of hydrogen-bond acceptors (Lipinski definition) is 5. The average molecular weight is 393 g/mol. The molecule has 0 aromatic carbocycles. The van der Waals surface area contributed by atoms with E-state index in [4.69, 9.17) is 9.84 Å². The third-order valence-electron chi connectivity index (χ3n) is 3.68. The summed E-state index contributed by atoms with van der Waals surface area (Å²) in [6.45, 7) is 0. The molecule has 0 spiro atoms. The van der Waals surface area contributed by atoms with Crippen LogP contribution >= 0.6 is 15.9 Å². The topological polar surface area (TPSA) is 106 Å². The molecule has 1 aromatic rings. The average Bonchev–Trinajstić information content (AvgIpc) is 2.47. The van der Waals surface area contributed by atoms with Crippen molar-refractivity contribution in [3.8, 4) is 5.88 Å². The molecule has 0 amide bonds. The van der Waals surface area contributed by atoms with Crippen LogP contribution in [0.4, 0.5) is 0 Å². The smallest absolute Gasteiger partial charge is 0.306 e. The number of hydrogen-bond donors (Lipinski definition) is 2. The Kier molecular flexibility index (Phi) is 5.41. The number of nitrogens with zero attached hydrogens (tertiary/aromatic N) is 1.